The fourth-order valence-corrected chi connectivity index (χ4v) is 5.94. The fourth-order valence-electron chi connectivity index (χ4n) is 5.94. The van der Waals surface area contributed by atoms with E-state index in [0.29, 0.717) is 0 Å². The van der Waals surface area contributed by atoms with Crippen molar-refractivity contribution in [2.75, 3.05) is 0 Å². The first kappa shape index (κ1) is 20.9. The van der Waals surface area contributed by atoms with Crippen LogP contribution < -0.4 is 0 Å². The molecule has 7 aromatic rings. The second-order valence-electron chi connectivity index (χ2n) is 9.21. The summed E-state index contributed by atoms with van der Waals surface area (Å²) in [6, 6.07) is 32.5. The summed E-state index contributed by atoms with van der Waals surface area (Å²) in [4.78, 5) is 9.53. The van der Waals surface area contributed by atoms with Gasteiger partial charge in [-0.3, -0.25) is 0 Å². The Morgan fingerprint density at radius 1 is 0.528 bits per heavy atom. The van der Waals surface area contributed by atoms with Crippen LogP contribution in [0.4, 0.5) is 0 Å². The predicted octanol–water partition coefficient (Wildman–Crippen LogP) is 8.07. The minimum absolute atomic E-state index is 0.898. The maximum atomic E-state index is 4.77. The van der Waals surface area contributed by atoms with Crippen LogP contribution in [-0.4, -0.2) is 19.1 Å². The Balaban J connectivity index is 1.50. The normalized spacial score (nSPS) is 11.8. The third kappa shape index (κ3) is 2.88. The minimum Gasteiger partial charge on any atom is -0.340 e. The van der Waals surface area contributed by atoms with Crippen molar-refractivity contribution in [3.05, 3.63) is 97.3 Å². The molecule has 7 rings (SSSR count). The molecule has 3 aromatic heterocycles. The number of para-hydroxylation sites is 4. The van der Waals surface area contributed by atoms with Crippen LogP contribution in [0.1, 0.15) is 13.8 Å². The molecule has 0 atom stereocenters. The van der Waals surface area contributed by atoms with E-state index in [2.05, 4.69) is 114 Å². The van der Waals surface area contributed by atoms with E-state index >= 15 is 0 Å². The van der Waals surface area contributed by atoms with Crippen LogP contribution in [-0.2, 0) is 13.1 Å². The van der Waals surface area contributed by atoms with Crippen LogP contribution in [0.15, 0.2) is 97.3 Å². The SMILES string of the molecule is CCn1c2ccccc2c2cccc(-c3cc(-c4cccc5c6ccccc6n(CC)c45)ncn3)c21. The van der Waals surface area contributed by atoms with Crippen molar-refractivity contribution >= 4 is 43.6 Å². The van der Waals surface area contributed by atoms with Crippen molar-refractivity contribution in [3.63, 3.8) is 0 Å². The van der Waals surface area contributed by atoms with E-state index in [9.17, 15) is 0 Å². The van der Waals surface area contributed by atoms with Crippen LogP contribution in [0.3, 0.4) is 0 Å². The largest absolute Gasteiger partial charge is 0.340 e. The Morgan fingerprint density at radius 3 is 1.44 bits per heavy atom. The van der Waals surface area contributed by atoms with E-state index in [0.717, 1.165) is 35.6 Å². The van der Waals surface area contributed by atoms with Crippen LogP contribution in [0.5, 0.6) is 0 Å². The Bertz CT molecular complexity index is 1790. The van der Waals surface area contributed by atoms with Gasteiger partial charge in [0.25, 0.3) is 0 Å². The van der Waals surface area contributed by atoms with E-state index in [4.69, 9.17) is 9.97 Å². The summed E-state index contributed by atoms with van der Waals surface area (Å²) in [6.07, 6.45) is 1.71. The lowest BCUT2D eigenvalue weighted by Crippen LogP contribution is -1.98. The maximum absolute atomic E-state index is 4.77. The topological polar surface area (TPSA) is 35.6 Å². The standard InChI is InChI=1S/C32H26N4/c1-3-35-29-17-7-5-11-21(29)23-13-9-15-25(31(23)35)27-19-28(34-20-33-27)26-16-10-14-24-22-12-6-8-18-30(22)36(4-2)32(24)26/h5-20H,3-4H2,1-2H3. The van der Waals surface area contributed by atoms with Gasteiger partial charge in [-0.15, -0.1) is 0 Å². The Morgan fingerprint density at radius 2 is 0.972 bits per heavy atom. The molecule has 0 unspecified atom stereocenters. The van der Waals surface area contributed by atoms with Crippen LogP contribution in [0.2, 0.25) is 0 Å². The van der Waals surface area contributed by atoms with Crippen molar-refractivity contribution in [2.24, 2.45) is 0 Å². The van der Waals surface area contributed by atoms with Gasteiger partial charge in [0.15, 0.2) is 0 Å². The summed E-state index contributed by atoms with van der Waals surface area (Å²) < 4.78 is 4.80. The second-order valence-corrected chi connectivity index (χ2v) is 9.21. The first-order valence-electron chi connectivity index (χ1n) is 12.6. The lowest BCUT2D eigenvalue weighted by Gasteiger charge is -2.11. The van der Waals surface area contributed by atoms with Gasteiger partial charge in [0.05, 0.1) is 22.4 Å². The molecule has 0 bridgehead atoms. The first-order chi connectivity index (χ1) is 17.8. The molecule has 4 nitrogen and oxygen atoms in total. The molecule has 0 amide bonds. The van der Waals surface area contributed by atoms with Gasteiger partial charge in [-0.05, 0) is 32.0 Å². The molecular formula is C32H26N4. The fraction of sp³-hybridized carbons (Fsp3) is 0.125. The van der Waals surface area contributed by atoms with E-state index in [1.54, 1.807) is 6.33 Å². The third-order valence-corrected chi connectivity index (χ3v) is 7.43. The van der Waals surface area contributed by atoms with Crippen LogP contribution in [0, 0.1) is 0 Å². The number of hydrogen-bond acceptors (Lipinski definition) is 2. The van der Waals surface area contributed by atoms with Crippen molar-refractivity contribution in [1.29, 1.82) is 0 Å². The molecule has 174 valence electrons. The van der Waals surface area contributed by atoms with Crippen LogP contribution in [0.25, 0.3) is 66.1 Å². The molecule has 0 spiro atoms. The van der Waals surface area contributed by atoms with E-state index in [1.165, 1.54) is 43.6 Å². The molecule has 4 heteroatoms. The molecule has 0 radical (unpaired) electrons. The Hall–Kier alpha value is -4.44. The summed E-state index contributed by atoms with van der Waals surface area (Å²) in [5.74, 6) is 0. The van der Waals surface area contributed by atoms with Gasteiger partial charge < -0.3 is 9.13 Å². The summed E-state index contributed by atoms with van der Waals surface area (Å²) in [5.41, 5.74) is 9.13. The molecule has 4 aromatic carbocycles. The number of hydrogen-bond donors (Lipinski definition) is 0. The van der Waals surface area contributed by atoms with Gasteiger partial charge in [0.1, 0.15) is 6.33 Å². The van der Waals surface area contributed by atoms with Crippen molar-refractivity contribution in [3.8, 4) is 22.5 Å². The second kappa shape index (κ2) is 8.06. The molecule has 0 N–H and O–H groups in total. The zero-order valence-electron chi connectivity index (χ0n) is 20.4. The predicted molar refractivity (Wildman–Crippen MR) is 150 cm³/mol. The highest BCUT2D eigenvalue weighted by atomic mass is 15.0. The quantitative estimate of drug-likeness (QED) is 0.263. The Kier molecular flexibility index (Phi) is 4.68. The zero-order chi connectivity index (χ0) is 24.2. The molecule has 0 saturated heterocycles. The highest BCUT2D eigenvalue weighted by molar-refractivity contribution is 6.14. The van der Waals surface area contributed by atoms with Crippen molar-refractivity contribution in [1.82, 2.24) is 19.1 Å². The third-order valence-electron chi connectivity index (χ3n) is 7.43. The van der Waals surface area contributed by atoms with E-state index < -0.39 is 0 Å². The summed E-state index contributed by atoms with van der Waals surface area (Å²) in [5, 5.41) is 5.09. The summed E-state index contributed by atoms with van der Waals surface area (Å²) in [6.45, 7) is 6.21. The Labute approximate surface area is 209 Å². The highest BCUT2D eigenvalue weighted by Gasteiger charge is 2.18. The molecule has 0 fully saturated rings. The number of rotatable bonds is 4. The van der Waals surface area contributed by atoms with E-state index in [1.807, 2.05) is 0 Å². The van der Waals surface area contributed by atoms with Gasteiger partial charge in [-0.25, -0.2) is 9.97 Å². The van der Waals surface area contributed by atoms with Gasteiger partial charge in [0, 0.05) is 56.8 Å². The lowest BCUT2D eigenvalue weighted by atomic mass is 10.0. The molecular weight excluding hydrogens is 440 g/mol. The number of fused-ring (bicyclic) bond motifs is 6. The zero-order valence-corrected chi connectivity index (χ0v) is 20.4. The lowest BCUT2D eigenvalue weighted by molar-refractivity contribution is 0.827. The average Bonchev–Trinajstić information content (AvgIpc) is 3.45. The van der Waals surface area contributed by atoms with Gasteiger partial charge >= 0.3 is 0 Å². The molecule has 0 aliphatic carbocycles. The average molecular weight is 467 g/mol. The van der Waals surface area contributed by atoms with Gasteiger partial charge in [0.2, 0.25) is 0 Å². The van der Waals surface area contributed by atoms with Crippen molar-refractivity contribution < 1.29 is 0 Å². The summed E-state index contributed by atoms with van der Waals surface area (Å²) >= 11 is 0. The van der Waals surface area contributed by atoms with Gasteiger partial charge in [-0.2, -0.15) is 0 Å². The monoisotopic (exact) mass is 466 g/mol. The molecule has 0 aliphatic heterocycles. The first-order valence-corrected chi connectivity index (χ1v) is 12.6. The number of aromatic nitrogens is 4. The van der Waals surface area contributed by atoms with E-state index in [-0.39, 0.29) is 0 Å². The summed E-state index contributed by atoms with van der Waals surface area (Å²) in [7, 11) is 0. The number of nitrogens with zero attached hydrogens (tertiary/aromatic N) is 4. The number of benzene rings is 4. The van der Waals surface area contributed by atoms with Gasteiger partial charge in [-0.1, -0.05) is 72.8 Å². The molecule has 0 aliphatic rings. The maximum Gasteiger partial charge on any atom is 0.116 e. The number of aryl methyl sites for hydroxylation is 2. The molecule has 36 heavy (non-hydrogen) atoms. The molecule has 0 saturated carbocycles. The minimum atomic E-state index is 0.898. The highest BCUT2D eigenvalue weighted by Crippen LogP contribution is 2.38. The smallest absolute Gasteiger partial charge is 0.116 e. The molecule has 3 heterocycles. The van der Waals surface area contributed by atoms with Crippen LogP contribution >= 0.6 is 0 Å². The van der Waals surface area contributed by atoms with Crippen molar-refractivity contribution in [2.45, 2.75) is 26.9 Å².